The van der Waals surface area contributed by atoms with E-state index in [2.05, 4.69) is 0 Å². The fourth-order valence-electron chi connectivity index (χ4n) is 3.85. The number of rotatable bonds is 7. The molecular weight excluding hydrogens is 447 g/mol. The van der Waals surface area contributed by atoms with Crippen molar-refractivity contribution in [1.82, 2.24) is 9.80 Å². The Labute approximate surface area is 195 Å². The highest BCUT2D eigenvalue weighted by Crippen LogP contribution is 2.34. The number of benzene rings is 1. The molecule has 3 heterocycles. The van der Waals surface area contributed by atoms with Gasteiger partial charge in [0.15, 0.2) is 0 Å². The van der Waals surface area contributed by atoms with E-state index in [-0.39, 0.29) is 42.9 Å². The Balaban J connectivity index is 1.52. The standard InChI is InChI=1S/C24H25FN2O3S2/c1-16(2)27(24(29)22-4-3-12-31-22)14-23(28)26-11-9-21-19(10-13-32-21)20(26)15-30-18-7-5-17(25)6-8-18/h3-8,10,12-13,16,20H,9,11,14-15H2,1-2H3/t20-/m1/s1. The number of thiophene rings is 2. The lowest BCUT2D eigenvalue weighted by atomic mass is 10.0. The number of fused-ring (bicyclic) bond motifs is 1. The number of nitrogens with zero attached hydrogens (tertiary/aromatic N) is 2. The lowest BCUT2D eigenvalue weighted by molar-refractivity contribution is -0.136. The summed E-state index contributed by atoms with van der Waals surface area (Å²) in [5.41, 5.74) is 1.08. The van der Waals surface area contributed by atoms with E-state index in [4.69, 9.17) is 4.74 Å². The van der Waals surface area contributed by atoms with Gasteiger partial charge in [-0.3, -0.25) is 9.59 Å². The van der Waals surface area contributed by atoms with Crippen molar-refractivity contribution in [2.45, 2.75) is 32.4 Å². The Kier molecular flexibility index (Phi) is 6.91. The largest absolute Gasteiger partial charge is 0.491 e. The zero-order valence-corrected chi connectivity index (χ0v) is 19.6. The molecule has 0 unspecified atom stereocenters. The van der Waals surface area contributed by atoms with Gasteiger partial charge in [-0.2, -0.15) is 0 Å². The number of ether oxygens (including phenoxy) is 1. The van der Waals surface area contributed by atoms with Crippen LogP contribution in [0.15, 0.2) is 53.2 Å². The van der Waals surface area contributed by atoms with Crippen molar-refractivity contribution in [1.29, 1.82) is 0 Å². The second kappa shape index (κ2) is 9.83. The quantitative estimate of drug-likeness (QED) is 0.486. The van der Waals surface area contributed by atoms with Crippen LogP contribution in [0.3, 0.4) is 0 Å². The highest BCUT2D eigenvalue weighted by molar-refractivity contribution is 7.12. The summed E-state index contributed by atoms with van der Waals surface area (Å²) in [7, 11) is 0. The van der Waals surface area contributed by atoms with Crippen molar-refractivity contribution in [3.63, 3.8) is 0 Å². The molecule has 0 spiro atoms. The summed E-state index contributed by atoms with van der Waals surface area (Å²) in [6.45, 7) is 4.69. The second-order valence-electron chi connectivity index (χ2n) is 7.92. The van der Waals surface area contributed by atoms with Gasteiger partial charge < -0.3 is 14.5 Å². The van der Waals surface area contributed by atoms with Crippen molar-refractivity contribution in [2.24, 2.45) is 0 Å². The zero-order valence-electron chi connectivity index (χ0n) is 18.0. The lowest BCUT2D eigenvalue weighted by Gasteiger charge is -2.37. The van der Waals surface area contributed by atoms with E-state index in [1.54, 1.807) is 34.4 Å². The van der Waals surface area contributed by atoms with Crippen molar-refractivity contribution in [3.05, 3.63) is 74.4 Å². The number of hydrogen-bond donors (Lipinski definition) is 0. The normalized spacial score (nSPS) is 15.5. The number of amides is 2. The number of carbonyl (C=O) groups is 2. The molecule has 168 valence electrons. The molecule has 2 aromatic heterocycles. The number of carbonyl (C=O) groups excluding carboxylic acids is 2. The third-order valence-corrected chi connectivity index (χ3v) is 7.41. The van der Waals surface area contributed by atoms with Crippen LogP contribution in [0, 0.1) is 5.82 Å². The Morgan fingerprint density at radius 1 is 1.16 bits per heavy atom. The van der Waals surface area contributed by atoms with Gasteiger partial charge in [0, 0.05) is 17.5 Å². The molecule has 5 nitrogen and oxygen atoms in total. The van der Waals surface area contributed by atoms with E-state index < -0.39 is 0 Å². The van der Waals surface area contributed by atoms with E-state index >= 15 is 0 Å². The van der Waals surface area contributed by atoms with Crippen LogP contribution < -0.4 is 4.74 Å². The monoisotopic (exact) mass is 472 g/mol. The third kappa shape index (κ3) is 4.86. The fraction of sp³-hybridized carbons (Fsp3) is 0.333. The van der Waals surface area contributed by atoms with E-state index in [0.29, 0.717) is 17.2 Å². The van der Waals surface area contributed by atoms with Crippen LogP contribution in [-0.2, 0) is 11.2 Å². The van der Waals surface area contributed by atoms with Crippen LogP contribution in [0.4, 0.5) is 4.39 Å². The van der Waals surface area contributed by atoms with E-state index in [1.807, 2.05) is 41.6 Å². The molecule has 2 amide bonds. The van der Waals surface area contributed by atoms with Gasteiger partial charge >= 0.3 is 0 Å². The molecule has 1 aliphatic rings. The van der Waals surface area contributed by atoms with Crippen LogP contribution in [0.25, 0.3) is 0 Å². The minimum Gasteiger partial charge on any atom is -0.491 e. The molecule has 32 heavy (non-hydrogen) atoms. The molecule has 0 fully saturated rings. The maximum absolute atomic E-state index is 13.4. The van der Waals surface area contributed by atoms with Crippen LogP contribution in [0.1, 0.15) is 40.0 Å². The first-order valence-corrected chi connectivity index (χ1v) is 12.3. The minimum absolute atomic E-state index is 0.0148. The molecule has 1 aliphatic heterocycles. The summed E-state index contributed by atoms with van der Waals surface area (Å²) in [4.78, 5) is 31.7. The van der Waals surface area contributed by atoms with Crippen LogP contribution in [-0.4, -0.2) is 47.4 Å². The number of hydrogen-bond acceptors (Lipinski definition) is 5. The molecule has 0 saturated carbocycles. The van der Waals surface area contributed by atoms with Gasteiger partial charge in [-0.15, -0.1) is 22.7 Å². The molecule has 1 atom stereocenters. The maximum Gasteiger partial charge on any atom is 0.264 e. The second-order valence-corrected chi connectivity index (χ2v) is 9.87. The first-order valence-electron chi connectivity index (χ1n) is 10.5. The van der Waals surface area contributed by atoms with E-state index in [9.17, 15) is 14.0 Å². The van der Waals surface area contributed by atoms with Crippen LogP contribution in [0.5, 0.6) is 5.75 Å². The smallest absolute Gasteiger partial charge is 0.264 e. The molecule has 0 saturated heterocycles. The maximum atomic E-state index is 13.4. The highest BCUT2D eigenvalue weighted by Gasteiger charge is 2.34. The van der Waals surface area contributed by atoms with E-state index in [1.165, 1.54) is 28.3 Å². The average molecular weight is 473 g/mol. The van der Waals surface area contributed by atoms with Gasteiger partial charge in [0.05, 0.1) is 10.9 Å². The summed E-state index contributed by atoms with van der Waals surface area (Å²) in [5.74, 6) is -0.00202. The molecule has 3 aromatic rings. The van der Waals surface area contributed by atoms with Crippen LogP contribution in [0.2, 0.25) is 0 Å². The summed E-state index contributed by atoms with van der Waals surface area (Å²) in [6.07, 6.45) is 0.784. The van der Waals surface area contributed by atoms with Gasteiger partial charge in [-0.1, -0.05) is 6.07 Å². The predicted molar refractivity (Wildman–Crippen MR) is 125 cm³/mol. The van der Waals surface area contributed by atoms with Crippen LogP contribution >= 0.6 is 22.7 Å². The first kappa shape index (κ1) is 22.5. The van der Waals surface area contributed by atoms with Gasteiger partial charge in [-0.25, -0.2) is 4.39 Å². The van der Waals surface area contributed by atoms with Crippen molar-refractivity contribution in [2.75, 3.05) is 19.7 Å². The van der Waals surface area contributed by atoms with Gasteiger partial charge in [0.25, 0.3) is 5.91 Å². The molecule has 4 rings (SSSR count). The summed E-state index contributed by atoms with van der Waals surface area (Å²) in [5, 5.41) is 3.89. The van der Waals surface area contributed by atoms with Gasteiger partial charge in [0.1, 0.15) is 24.7 Å². The molecule has 1 aromatic carbocycles. The topological polar surface area (TPSA) is 49.9 Å². The molecule has 0 N–H and O–H groups in total. The Morgan fingerprint density at radius 2 is 1.94 bits per heavy atom. The SMILES string of the molecule is CC(C)N(CC(=O)N1CCc2sccc2[C@H]1COc1ccc(F)cc1)C(=O)c1cccs1. The summed E-state index contributed by atoms with van der Waals surface area (Å²) < 4.78 is 19.2. The summed E-state index contributed by atoms with van der Waals surface area (Å²) >= 11 is 3.06. The third-order valence-electron chi connectivity index (χ3n) is 5.56. The fourth-order valence-corrected chi connectivity index (χ4v) is 5.45. The minimum atomic E-state index is -0.323. The molecular formula is C24H25FN2O3S2. The Hall–Kier alpha value is -2.71. The van der Waals surface area contributed by atoms with Crippen molar-refractivity contribution in [3.8, 4) is 5.75 Å². The lowest BCUT2D eigenvalue weighted by Crippen LogP contribution is -2.49. The van der Waals surface area contributed by atoms with E-state index in [0.717, 1.165) is 12.0 Å². The van der Waals surface area contributed by atoms with Gasteiger partial charge in [-0.05, 0) is 73.0 Å². The molecule has 0 bridgehead atoms. The first-order chi connectivity index (χ1) is 15.4. The average Bonchev–Trinajstić information content (AvgIpc) is 3.48. The van der Waals surface area contributed by atoms with Crippen molar-refractivity contribution >= 4 is 34.5 Å². The predicted octanol–water partition coefficient (Wildman–Crippen LogP) is 5.00. The summed E-state index contributed by atoms with van der Waals surface area (Å²) in [6, 6.07) is 11.2. The van der Waals surface area contributed by atoms with Crippen molar-refractivity contribution < 1.29 is 18.7 Å². The Morgan fingerprint density at radius 3 is 2.62 bits per heavy atom. The zero-order chi connectivity index (χ0) is 22.7. The molecule has 0 radical (unpaired) electrons. The number of halogens is 1. The molecule has 0 aliphatic carbocycles. The highest BCUT2D eigenvalue weighted by atomic mass is 32.1. The van der Waals surface area contributed by atoms with Gasteiger partial charge in [0.2, 0.25) is 5.91 Å². The molecule has 8 heteroatoms. The Bertz CT molecular complexity index is 1060.